The van der Waals surface area contributed by atoms with Crippen molar-refractivity contribution in [2.24, 2.45) is 0 Å². The first-order valence-electron chi connectivity index (χ1n) is 5.02. The van der Waals surface area contributed by atoms with E-state index in [1.54, 1.807) is 24.3 Å². The average molecular weight is 244 g/mol. The standard InChI is InChI=1S/C13H10ClN3/c14-10-4-2-5-11(7-10)17-12-6-1-3-9(8-15)13(12)16/h1-7,17H,16H2. The van der Waals surface area contributed by atoms with Crippen molar-refractivity contribution in [1.29, 1.82) is 5.26 Å². The van der Waals surface area contributed by atoms with Crippen molar-refractivity contribution in [3.8, 4) is 6.07 Å². The molecule has 3 nitrogen and oxygen atoms in total. The van der Waals surface area contributed by atoms with Crippen molar-refractivity contribution in [3.63, 3.8) is 0 Å². The van der Waals surface area contributed by atoms with Gasteiger partial charge >= 0.3 is 0 Å². The first-order valence-corrected chi connectivity index (χ1v) is 5.39. The lowest BCUT2D eigenvalue weighted by molar-refractivity contribution is 1.47. The van der Waals surface area contributed by atoms with Gasteiger partial charge in [0.2, 0.25) is 0 Å². The van der Waals surface area contributed by atoms with E-state index in [0.29, 0.717) is 22.0 Å². The van der Waals surface area contributed by atoms with Crippen LogP contribution in [0.15, 0.2) is 42.5 Å². The van der Waals surface area contributed by atoms with Crippen molar-refractivity contribution < 1.29 is 0 Å². The van der Waals surface area contributed by atoms with Crippen molar-refractivity contribution in [1.82, 2.24) is 0 Å². The van der Waals surface area contributed by atoms with Crippen LogP contribution in [0.3, 0.4) is 0 Å². The summed E-state index contributed by atoms with van der Waals surface area (Å²) in [5.41, 5.74) is 8.29. The number of para-hydroxylation sites is 1. The minimum atomic E-state index is 0.440. The monoisotopic (exact) mass is 243 g/mol. The van der Waals surface area contributed by atoms with Gasteiger partial charge in [0.1, 0.15) is 6.07 Å². The Morgan fingerprint density at radius 3 is 2.65 bits per heavy atom. The Morgan fingerprint density at radius 2 is 1.94 bits per heavy atom. The van der Waals surface area contributed by atoms with E-state index in [1.165, 1.54) is 0 Å². The molecule has 84 valence electrons. The zero-order valence-corrected chi connectivity index (χ0v) is 9.70. The lowest BCUT2D eigenvalue weighted by Crippen LogP contribution is -1.98. The van der Waals surface area contributed by atoms with Gasteiger partial charge in [0.15, 0.2) is 0 Å². The predicted molar refractivity (Wildman–Crippen MR) is 70.3 cm³/mol. The maximum atomic E-state index is 8.87. The van der Waals surface area contributed by atoms with Crippen LogP contribution in [0.1, 0.15) is 5.56 Å². The molecule has 0 heterocycles. The number of hydrogen-bond acceptors (Lipinski definition) is 3. The van der Waals surface area contributed by atoms with Crippen LogP contribution in [0, 0.1) is 11.3 Å². The van der Waals surface area contributed by atoms with Crippen LogP contribution in [-0.2, 0) is 0 Å². The summed E-state index contributed by atoms with van der Waals surface area (Å²) in [6.07, 6.45) is 0. The second-order valence-corrected chi connectivity index (χ2v) is 3.95. The Bertz CT molecular complexity index is 587. The Balaban J connectivity index is 2.34. The lowest BCUT2D eigenvalue weighted by Gasteiger charge is -2.10. The smallest absolute Gasteiger partial charge is 0.101 e. The van der Waals surface area contributed by atoms with Crippen LogP contribution in [0.5, 0.6) is 0 Å². The zero-order valence-electron chi connectivity index (χ0n) is 8.94. The number of halogens is 1. The van der Waals surface area contributed by atoms with Crippen LogP contribution in [-0.4, -0.2) is 0 Å². The topological polar surface area (TPSA) is 61.8 Å². The number of nitrogens with zero attached hydrogens (tertiary/aromatic N) is 1. The molecule has 0 aliphatic rings. The molecule has 0 fully saturated rings. The molecule has 0 bridgehead atoms. The van der Waals surface area contributed by atoms with E-state index in [2.05, 4.69) is 5.32 Å². The molecule has 0 aromatic heterocycles. The molecular weight excluding hydrogens is 234 g/mol. The molecule has 2 rings (SSSR count). The van der Waals surface area contributed by atoms with Crippen LogP contribution < -0.4 is 11.1 Å². The molecule has 0 saturated carbocycles. The molecule has 2 aromatic rings. The van der Waals surface area contributed by atoms with E-state index in [1.807, 2.05) is 24.3 Å². The normalized spacial score (nSPS) is 9.65. The van der Waals surface area contributed by atoms with Gasteiger partial charge in [-0.2, -0.15) is 5.26 Å². The van der Waals surface area contributed by atoms with E-state index < -0.39 is 0 Å². The van der Waals surface area contributed by atoms with Gasteiger partial charge in [-0.25, -0.2) is 0 Å². The fourth-order valence-corrected chi connectivity index (χ4v) is 1.68. The quantitative estimate of drug-likeness (QED) is 0.793. The SMILES string of the molecule is N#Cc1cccc(Nc2cccc(Cl)c2)c1N. The molecule has 2 aromatic carbocycles. The molecule has 0 amide bonds. The first-order chi connectivity index (χ1) is 8.20. The number of nitrogens with two attached hydrogens (primary N) is 1. The fraction of sp³-hybridized carbons (Fsp3) is 0. The molecule has 0 saturated heterocycles. The molecule has 0 aliphatic heterocycles. The van der Waals surface area contributed by atoms with E-state index in [0.717, 1.165) is 5.69 Å². The Kier molecular flexibility index (Phi) is 3.17. The number of rotatable bonds is 2. The lowest BCUT2D eigenvalue weighted by atomic mass is 10.1. The number of benzene rings is 2. The van der Waals surface area contributed by atoms with Crippen LogP contribution in [0.25, 0.3) is 0 Å². The third kappa shape index (κ3) is 2.49. The minimum absolute atomic E-state index is 0.440. The summed E-state index contributed by atoms with van der Waals surface area (Å²) < 4.78 is 0. The van der Waals surface area contributed by atoms with Crippen molar-refractivity contribution >= 4 is 28.7 Å². The third-order valence-corrected chi connectivity index (χ3v) is 2.57. The first kappa shape index (κ1) is 11.3. The second kappa shape index (κ2) is 4.77. The maximum Gasteiger partial charge on any atom is 0.101 e. The van der Waals surface area contributed by atoms with Crippen LogP contribution >= 0.6 is 11.6 Å². The molecule has 0 aliphatic carbocycles. The number of nitrogens with one attached hydrogen (secondary N) is 1. The summed E-state index contributed by atoms with van der Waals surface area (Å²) in [7, 11) is 0. The summed E-state index contributed by atoms with van der Waals surface area (Å²) in [6.45, 7) is 0. The summed E-state index contributed by atoms with van der Waals surface area (Å²) in [4.78, 5) is 0. The highest BCUT2D eigenvalue weighted by atomic mass is 35.5. The van der Waals surface area contributed by atoms with Crippen molar-refractivity contribution in [3.05, 3.63) is 53.1 Å². The summed E-state index contributed by atoms with van der Waals surface area (Å²) in [5, 5.41) is 12.6. The highest BCUT2D eigenvalue weighted by Crippen LogP contribution is 2.26. The summed E-state index contributed by atoms with van der Waals surface area (Å²) >= 11 is 5.89. The number of anilines is 3. The number of nitriles is 1. The van der Waals surface area contributed by atoms with Gasteiger partial charge in [-0.1, -0.05) is 23.7 Å². The van der Waals surface area contributed by atoms with Crippen molar-refractivity contribution in [2.45, 2.75) is 0 Å². The van der Waals surface area contributed by atoms with E-state index in [-0.39, 0.29) is 0 Å². The molecule has 0 radical (unpaired) electrons. The van der Waals surface area contributed by atoms with E-state index in [4.69, 9.17) is 22.6 Å². The average Bonchev–Trinajstić information content (AvgIpc) is 2.32. The molecule has 4 heteroatoms. The molecule has 0 atom stereocenters. The van der Waals surface area contributed by atoms with Gasteiger partial charge in [0, 0.05) is 10.7 Å². The summed E-state index contributed by atoms with van der Waals surface area (Å²) in [5.74, 6) is 0. The van der Waals surface area contributed by atoms with Crippen LogP contribution in [0.4, 0.5) is 17.1 Å². The number of hydrogen-bond donors (Lipinski definition) is 2. The van der Waals surface area contributed by atoms with Gasteiger partial charge in [-0.3, -0.25) is 0 Å². The van der Waals surface area contributed by atoms with E-state index >= 15 is 0 Å². The second-order valence-electron chi connectivity index (χ2n) is 3.51. The Hall–Kier alpha value is -2.18. The molecule has 17 heavy (non-hydrogen) atoms. The van der Waals surface area contributed by atoms with Crippen molar-refractivity contribution in [2.75, 3.05) is 11.1 Å². The van der Waals surface area contributed by atoms with Gasteiger partial charge in [0.25, 0.3) is 0 Å². The zero-order chi connectivity index (χ0) is 12.3. The molecule has 3 N–H and O–H groups in total. The maximum absolute atomic E-state index is 8.87. The van der Waals surface area contributed by atoms with Gasteiger partial charge in [0.05, 0.1) is 16.9 Å². The fourth-order valence-electron chi connectivity index (χ4n) is 1.49. The Morgan fingerprint density at radius 1 is 1.18 bits per heavy atom. The molecular formula is C13H10ClN3. The van der Waals surface area contributed by atoms with Gasteiger partial charge < -0.3 is 11.1 Å². The minimum Gasteiger partial charge on any atom is -0.396 e. The summed E-state index contributed by atoms with van der Waals surface area (Å²) in [6, 6.07) is 14.6. The van der Waals surface area contributed by atoms with Crippen LogP contribution in [0.2, 0.25) is 5.02 Å². The third-order valence-electron chi connectivity index (χ3n) is 2.33. The number of nitrogen functional groups attached to an aromatic ring is 1. The predicted octanol–water partition coefficient (Wildman–Crippen LogP) is 3.54. The van der Waals surface area contributed by atoms with Gasteiger partial charge in [-0.05, 0) is 30.3 Å². The highest BCUT2D eigenvalue weighted by molar-refractivity contribution is 6.30. The Labute approximate surface area is 104 Å². The molecule has 0 spiro atoms. The highest BCUT2D eigenvalue weighted by Gasteiger charge is 2.04. The van der Waals surface area contributed by atoms with E-state index in [9.17, 15) is 0 Å². The van der Waals surface area contributed by atoms with Gasteiger partial charge in [-0.15, -0.1) is 0 Å². The molecule has 0 unspecified atom stereocenters. The largest absolute Gasteiger partial charge is 0.396 e.